The average Bonchev–Trinajstić information content (AvgIpc) is 2.96. The predicted octanol–water partition coefficient (Wildman–Crippen LogP) is -1.78. The minimum absolute atomic E-state index is 0.0663. The fourth-order valence-electron chi connectivity index (χ4n) is 5.03. The fraction of sp³-hybridized carbons (Fsp3) is 0.481. The first kappa shape index (κ1) is 30.9. The minimum Gasteiger partial charge on any atom is -0.571 e. The summed E-state index contributed by atoms with van der Waals surface area (Å²) in [6, 6.07) is 4.42. The number of benzene rings is 2. The molecule has 43 heavy (non-hydrogen) atoms. The quantitative estimate of drug-likeness (QED) is 0.127. The molecule has 16 heteroatoms. The summed E-state index contributed by atoms with van der Waals surface area (Å²) in [7, 11) is 0. The van der Waals surface area contributed by atoms with Gasteiger partial charge in [-0.1, -0.05) is 0 Å². The lowest BCUT2D eigenvalue weighted by Gasteiger charge is -2.42. The van der Waals surface area contributed by atoms with E-state index < -0.39 is 97.1 Å². The maximum Gasteiger partial charge on any atom is 0.270 e. The number of fused-ring (bicyclic) bond motifs is 1. The topological polar surface area (TPSA) is 272 Å². The molecule has 0 saturated carbocycles. The van der Waals surface area contributed by atoms with E-state index in [1.807, 2.05) is 0 Å². The van der Waals surface area contributed by atoms with Gasteiger partial charge in [0, 0.05) is 12.1 Å². The van der Waals surface area contributed by atoms with Crippen molar-refractivity contribution in [2.75, 3.05) is 6.61 Å². The van der Waals surface area contributed by atoms with Crippen LogP contribution in [-0.2, 0) is 18.9 Å². The molecule has 3 heterocycles. The Morgan fingerprint density at radius 3 is 2.02 bits per heavy atom. The largest absolute Gasteiger partial charge is 0.571 e. The molecule has 12 N–H and O–H groups in total. The van der Waals surface area contributed by atoms with Gasteiger partial charge in [-0.25, -0.2) is 0 Å². The third-order valence-corrected chi connectivity index (χ3v) is 7.51. The lowest BCUT2D eigenvalue weighted by Crippen LogP contribution is -2.61. The van der Waals surface area contributed by atoms with Crippen LogP contribution in [0.3, 0.4) is 0 Å². The van der Waals surface area contributed by atoms with Gasteiger partial charge < -0.3 is 79.9 Å². The number of aromatic hydroxyl groups is 6. The van der Waals surface area contributed by atoms with E-state index in [0.717, 1.165) is 18.2 Å². The van der Waals surface area contributed by atoms with Gasteiger partial charge in [-0.2, -0.15) is 0 Å². The standard InChI is InChI=1S/C27H32O16/c1-8-18(32)21(35)23(37)26(40-8)39-7-17-20(34)22(36)24(38)27(43-17)42-16-6-11-12(29)4-10(28)5-15(11)41-25(16)9-2-13(30)19(33)14(31)3-9/h2-6,8,17-18,20-38H,7H2,1H3/p+1. The van der Waals surface area contributed by atoms with Crippen LogP contribution in [0.15, 0.2) is 30.0 Å². The van der Waals surface area contributed by atoms with Crippen LogP contribution in [0.4, 0.5) is 0 Å². The number of rotatable bonds is 6. The fourth-order valence-corrected chi connectivity index (χ4v) is 5.03. The maximum atomic E-state index is 10.7. The molecule has 0 aromatic heterocycles. The van der Waals surface area contributed by atoms with Gasteiger partial charge in [0.2, 0.25) is 6.29 Å². The number of aliphatic hydroxyl groups excluding tert-OH is 6. The summed E-state index contributed by atoms with van der Waals surface area (Å²) in [5, 5.41) is 112. The van der Waals surface area contributed by atoms with Crippen LogP contribution >= 0.6 is 0 Å². The number of aliphatic hydroxyl groups is 7. The molecule has 2 fully saturated rings. The lowest BCUT2D eigenvalue weighted by atomic mass is 9.98. The number of hydrogen-bond acceptors (Lipinski definition) is 15. The van der Waals surface area contributed by atoms with Gasteiger partial charge in [-0.05, 0) is 19.1 Å². The minimum atomic E-state index is -1.85. The molecule has 2 aromatic rings. The summed E-state index contributed by atoms with van der Waals surface area (Å²) in [6.45, 7) is 0.897. The molecule has 2 aromatic carbocycles. The van der Waals surface area contributed by atoms with Gasteiger partial charge in [0.05, 0.1) is 24.3 Å². The molecule has 0 radical (unpaired) electrons. The molecule has 5 rings (SSSR count). The average molecular weight is 614 g/mol. The highest BCUT2D eigenvalue weighted by Crippen LogP contribution is 2.47. The van der Waals surface area contributed by atoms with Crippen LogP contribution in [-0.4, -0.2) is 129 Å². The molecule has 2 saturated heterocycles. The van der Waals surface area contributed by atoms with E-state index in [9.17, 15) is 56.2 Å². The highest BCUT2D eigenvalue weighted by molar-refractivity contribution is 5.69. The van der Waals surface area contributed by atoms with E-state index in [1.54, 1.807) is 0 Å². The number of phenols is 5. The zero-order valence-corrected chi connectivity index (χ0v) is 22.4. The van der Waals surface area contributed by atoms with Crippen molar-refractivity contribution in [1.29, 1.82) is 0 Å². The van der Waals surface area contributed by atoms with Crippen molar-refractivity contribution in [3.05, 3.63) is 41.2 Å². The maximum absolute atomic E-state index is 10.7. The van der Waals surface area contributed by atoms with Crippen molar-refractivity contribution in [3.8, 4) is 34.5 Å². The van der Waals surface area contributed by atoms with Crippen LogP contribution in [0.1, 0.15) is 24.2 Å². The highest BCUT2D eigenvalue weighted by Gasteiger charge is 2.48. The van der Waals surface area contributed by atoms with Crippen molar-refractivity contribution in [2.45, 2.75) is 74.4 Å². The molecular formula is C27H33O16+. The molecule has 236 valence electrons. The Kier molecular flexibility index (Phi) is 8.50. The molecule has 11 unspecified atom stereocenters. The number of ether oxygens (including phenoxy) is 5. The van der Waals surface area contributed by atoms with Gasteiger partial charge in [0.1, 0.15) is 59.8 Å². The Labute approximate surface area is 243 Å². The second kappa shape index (κ2) is 11.8. The van der Waals surface area contributed by atoms with Crippen molar-refractivity contribution < 1.29 is 79.9 Å². The second-order valence-electron chi connectivity index (χ2n) is 10.5. The zero-order chi connectivity index (χ0) is 31.3. The molecule has 16 nitrogen and oxygen atoms in total. The molecule has 11 atom stereocenters. The van der Waals surface area contributed by atoms with E-state index in [4.69, 9.17) is 18.9 Å². The van der Waals surface area contributed by atoms with E-state index in [1.165, 1.54) is 19.1 Å². The van der Waals surface area contributed by atoms with Crippen LogP contribution in [0.25, 0.3) is 6.08 Å². The van der Waals surface area contributed by atoms with Crippen LogP contribution in [0.5, 0.6) is 34.5 Å². The van der Waals surface area contributed by atoms with Gasteiger partial charge in [-0.3, -0.25) is 0 Å². The van der Waals surface area contributed by atoms with E-state index in [0.29, 0.717) is 0 Å². The third-order valence-electron chi connectivity index (χ3n) is 7.51. The Bertz CT molecular complexity index is 1340. The molecule has 3 aliphatic heterocycles. The van der Waals surface area contributed by atoms with Gasteiger partial charge >= 0.3 is 0 Å². The normalized spacial score (nSPS) is 35.9. The Morgan fingerprint density at radius 1 is 0.721 bits per heavy atom. The van der Waals surface area contributed by atoms with Gasteiger partial charge in [0.15, 0.2) is 29.3 Å². The summed E-state index contributed by atoms with van der Waals surface area (Å²) < 4.78 is 26.8. The van der Waals surface area contributed by atoms with Crippen molar-refractivity contribution in [3.63, 3.8) is 0 Å². The van der Waals surface area contributed by atoms with E-state index in [-0.39, 0.29) is 28.4 Å². The lowest BCUT2D eigenvalue weighted by molar-refractivity contribution is -0.325. The van der Waals surface area contributed by atoms with Crippen LogP contribution in [0, 0.1) is 0 Å². The van der Waals surface area contributed by atoms with Crippen LogP contribution in [0.2, 0.25) is 0 Å². The number of hydrogen-bond donors (Lipinski definition) is 11. The summed E-state index contributed by atoms with van der Waals surface area (Å²) in [5.74, 6) is -2.97. The van der Waals surface area contributed by atoms with Crippen molar-refractivity contribution in [2.24, 2.45) is 0 Å². The summed E-state index contributed by atoms with van der Waals surface area (Å²) in [5.41, 5.74) is 0.150. The van der Waals surface area contributed by atoms with Gasteiger partial charge in [0.25, 0.3) is 11.9 Å². The Balaban J connectivity index is 1.41. The van der Waals surface area contributed by atoms with E-state index in [2.05, 4.69) is 4.74 Å². The summed E-state index contributed by atoms with van der Waals surface area (Å²) >= 11 is 0. The smallest absolute Gasteiger partial charge is 0.270 e. The Morgan fingerprint density at radius 2 is 1.35 bits per heavy atom. The van der Waals surface area contributed by atoms with Crippen LogP contribution < -0.4 is 0 Å². The van der Waals surface area contributed by atoms with E-state index >= 15 is 0 Å². The SMILES string of the molecule is CC1OC(OCC2OC(OC3=Cc4c(O)cc(O)cc4[OH+]C3c3cc(O)c(O)c(O)c3)C(O)C(O)C2O)C(O)C(O)C1O. The summed E-state index contributed by atoms with van der Waals surface area (Å²) in [4.78, 5) is 0. The molecular weight excluding hydrogens is 580 g/mol. The number of phenolic OH excluding ortho intramolecular Hbond substituents is 5. The molecule has 0 spiro atoms. The summed E-state index contributed by atoms with van der Waals surface area (Å²) in [6.07, 6.45) is -15.4. The van der Waals surface area contributed by atoms with Gasteiger partial charge in [-0.15, -0.1) is 0 Å². The Hall–Kier alpha value is -3.58. The molecule has 0 bridgehead atoms. The monoisotopic (exact) mass is 613 g/mol. The molecule has 0 aliphatic carbocycles. The predicted molar refractivity (Wildman–Crippen MR) is 140 cm³/mol. The molecule has 3 aliphatic rings. The first-order valence-electron chi connectivity index (χ1n) is 13.2. The second-order valence-corrected chi connectivity index (χ2v) is 10.5. The zero-order valence-electron chi connectivity index (χ0n) is 22.4. The van der Waals surface area contributed by atoms with Crippen molar-refractivity contribution >= 4 is 6.08 Å². The molecule has 0 amide bonds. The first-order valence-corrected chi connectivity index (χ1v) is 13.2. The van der Waals surface area contributed by atoms with Crippen molar-refractivity contribution in [1.82, 2.24) is 0 Å². The first-order chi connectivity index (χ1) is 20.3. The third kappa shape index (κ3) is 5.84. The highest BCUT2D eigenvalue weighted by atomic mass is 16.7.